The third-order valence-electron chi connectivity index (χ3n) is 3.55. The fourth-order valence-electron chi connectivity index (χ4n) is 2.51. The molecule has 1 atom stereocenters. The first-order chi connectivity index (χ1) is 9.04. The van der Waals surface area contributed by atoms with Gasteiger partial charge in [0.05, 0.1) is 0 Å². The van der Waals surface area contributed by atoms with Crippen molar-refractivity contribution in [2.24, 2.45) is 5.92 Å². The molecule has 19 heavy (non-hydrogen) atoms. The Morgan fingerprint density at radius 1 is 1.53 bits per heavy atom. The first-order valence-electron chi connectivity index (χ1n) is 6.42. The van der Waals surface area contributed by atoms with Gasteiger partial charge in [0.15, 0.2) is 0 Å². The summed E-state index contributed by atoms with van der Waals surface area (Å²) in [7, 11) is 0. The molecular weight excluding hydrogens is 313 g/mol. The maximum atomic E-state index is 13.7. The van der Waals surface area contributed by atoms with Gasteiger partial charge in [-0.1, -0.05) is 22.0 Å². The summed E-state index contributed by atoms with van der Waals surface area (Å²) in [5.41, 5.74) is 0.696. The SMILES string of the molecule is O=C(O)CCC1CCN(Cc2ccc(Br)cc2F)C1. The van der Waals surface area contributed by atoms with Gasteiger partial charge < -0.3 is 5.11 Å². The molecule has 1 fully saturated rings. The van der Waals surface area contributed by atoms with Crippen LogP contribution in [-0.2, 0) is 11.3 Å². The van der Waals surface area contributed by atoms with Crippen LogP contribution >= 0.6 is 15.9 Å². The van der Waals surface area contributed by atoms with E-state index in [4.69, 9.17) is 5.11 Å². The number of carbonyl (C=O) groups is 1. The van der Waals surface area contributed by atoms with E-state index in [0.29, 0.717) is 24.4 Å². The lowest BCUT2D eigenvalue weighted by molar-refractivity contribution is -0.137. The van der Waals surface area contributed by atoms with Crippen LogP contribution in [0.25, 0.3) is 0 Å². The van der Waals surface area contributed by atoms with Gasteiger partial charge in [0.1, 0.15) is 5.82 Å². The molecule has 1 aliphatic heterocycles. The average Bonchev–Trinajstić information content (AvgIpc) is 2.78. The maximum Gasteiger partial charge on any atom is 0.303 e. The van der Waals surface area contributed by atoms with Crippen molar-refractivity contribution in [3.8, 4) is 0 Å². The van der Waals surface area contributed by atoms with E-state index in [9.17, 15) is 9.18 Å². The summed E-state index contributed by atoms with van der Waals surface area (Å²) >= 11 is 3.24. The van der Waals surface area contributed by atoms with Gasteiger partial charge in [-0.05, 0) is 37.4 Å². The van der Waals surface area contributed by atoms with Crippen molar-refractivity contribution in [2.75, 3.05) is 13.1 Å². The van der Waals surface area contributed by atoms with Crippen molar-refractivity contribution in [1.29, 1.82) is 0 Å². The molecule has 2 rings (SSSR count). The normalized spacial score (nSPS) is 19.8. The number of carboxylic acid groups (broad SMARTS) is 1. The van der Waals surface area contributed by atoms with Crippen molar-refractivity contribution in [1.82, 2.24) is 4.90 Å². The molecule has 0 spiro atoms. The van der Waals surface area contributed by atoms with Gasteiger partial charge in [-0.25, -0.2) is 4.39 Å². The first kappa shape index (κ1) is 14.5. The molecule has 5 heteroatoms. The molecule has 1 unspecified atom stereocenters. The Kier molecular flexibility index (Phi) is 4.93. The fraction of sp³-hybridized carbons (Fsp3) is 0.500. The zero-order valence-electron chi connectivity index (χ0n) is 10.6. The van der Waals surface area contributed by atoms with Crippen LogP contribution in [0.3, 0.4) is 0 Å². The molecule has 1 aliphatic rings. The van der Waals surface area contributed by atoms with Crippen molar-refractivity contribution in [2.45, 2.75) is 25.8 Å². The smallest absolute Gasteiger partial charge is 0.303 e. The van der Waals surface area contributed by atoms with E-state index in [0.717, 1.165) is 24.0 Å². The predicted octanol–water partition coefficient (Wildman–Crippen LogP) is 3.27. The van der Waals surface area contributed by atoms with E-state index < -0.39 is 5.97 Å². The summed E-state index contributed by atoms with van der Waals surface area (Å²) in [4.78, 5) is 12.7. The summed E-state index contributed by atoms with van der Waals surface area (Å²) in [6.45, 7) is 2.38. The zero-order chi connectivity index (χ0) is 13.8. The fourth-order valence-corrected chi connectivity index (χ4v) is 2.84. The second-order valence-electron chi connectivity index (χ2n) is 5.06. The number of rotatable bonds is 5. The van der Waals surface area contributed by atoms with Crippen molar-refractivity contribution in [3.63, 3.8) is 0 Å². The summed E-state index contributed by atoms with van der Waals surface area (Å²) in [5, 5.41) is 8.67. The Morgan fingerprint density at radius 3 is 3.00 bits per heavy atom. The van der Waals surface area contributed by atoms with Gasteiger partial charge in [0.25, 0.3) is 0 Å². The van der Waals surface area contributed by atoms with Crippen molar-refractivity contribution < 1.29 is 14.3 Å². The average molecular weight is 330 g/mol. The molecule has 0 bridgehead atoms. The molecule has 1 aromatic rings. The second-order valence-corrected chi connectivity index (χ2v) is 5.97. The van der Waals surface area contributed by atoms with Gasteiger partial charge >= 0.3 is 5.97 Å². The van der Waals surface area contributed by atoms with Crippen LogP contribution in [-0.4, -0.2) is 29.1 Å². The van der Waals surface area contributed by atoms with E-state index in [-0.39, 0.29) is 12.2 Å². The Labute approximate surface area is 120 Å². The van der Waals surface area contributed by atoms with Crippen LogP contribution in [0.5, 0.6) is 0 Å². The maximum absolute atomic E-state index is 13.7. The van der Waals surface area contributed by atoms with Gasteiger partial charge in [0.2, 0.25) is 0 Å². The predicted molar refractivity (Wildman–Crippen MR) is 74.4 cm³/mol. The van der Waals surface area contributed by atoms with Crippen LogP contribution in [0.1, 0.15) is 24.8 Å². The molecule has 104 valence electrons. The van der Waals surface area contributed by atoms with Crippen molar-refractivity contribution in [3.05, 3.63) is 34.1 Å². The van der Waals surface area contributed by atoms with Crippen LogP contribution < -0.4 is 0 Å². The molecule has 0 radical (unpaired) electrons. The highest BCUT2D eigenvalue weighted by atomic mass is 79.9. The standard InChI is InChI=1S/C14H17BrFNO2/c15-12-3-2-11(13(16)7-12)9-17-6-5-10(8-17)1-4-14(18)19/h2-3,7,10H,1,4-6,8-9H2,(H,18,19). The highest BCUT2D eigenvalue weighted by Gasteiger charge is 2.23. The minimum Gasteiger partial charge on any atom is -0.481 e. The zero-order valence-corrected chi connectivity index (χ0v) is 12.2. The summed E-state index contributed by atoms with van der Waals surface area (Å²) in [5.74, 6) is -0.504. The minimum atomic E-state index is -0.739. The largest absolute Gasteiger partial charge is 0.481 e. The number of nitrogens with zero attached hydrogens (tertiary/aromatic N) is 1. The molecule has 1 heterocycles. The number of aliphatic carboxylic acids is 1. The van der Waals surface area contributed by atoms with Crippen molar-refractivity contribution >= 4 is 21.9 Å². The Hall–Kier alpha value is -0.940. The quantitative estimate of drug-likeness (QED) is 0.901. The van der Waals surface area contributed by atoms with E-state index in [1.807, 2.05) is 6.07 Å². The Bertz CT molecular complexity index is 467. The minimum absolute atomic E-state index is 0.191. The van der Waals surface area contributed by atoms with Gasteiger partial charge in [0, 0.05) is 29.5 Å². The summed E-state index contributed by atoms with van der Waals surface area (Å²) < 4.78 is 14.5. The monoisotopic (exact) mass is 329 g/mol. The second kappa shape index (κ2) is 6.48. The van der Waals surface area contributed by atoms with Crippen LogP contribution in [0.2, 0.25) is 0 Å². The number of hydrogen-bond acceptors (Lipinski definition) is 2. The molecule has 1 aromatic carbocycles. The van der Waals surface area contributed by atoms with E-state index in [2.05, 4.69) is 20.8 Å². The van der Waals surface area contributed by atoms with Crippen LogP contribution in [0, 0.1) is 11.7 Å². The number of halogens is 2. The molecule has 1 N–H and O–H groups in total. The highest BCUT2D eigenvalue weighted by Crippen LogP contribution is 2.24. The summed E-state index contributed by atoms with van der Waals surface area (Å²) in [6, 6.07) is 5.12. The molecule has 0 amide bonds. The molecule has 3 nitrogen and oxygen atoms in total. The van der Waals surface area contributed by atoms with E-state index in [1.54, 1.807) is 6.07 Å². The first-order valence-corrected chi connectivity index (χ1v) is 7.22. The number of hydrogen-bond donors (Lipinski definition) is 1. The van der Waals surface area contributed by atoms with Crippen LogP contribution in [0.4, 0.5) is 4.39 Å². The number of benzene rings is 1. The lowest BCUT2D eigenvalue weighted by atomic mass is 10.0. The summed E-state index contributed by atoms with van der Waals surface area (Å²) in [6.07, 6.45) is 1.95. The van der Waals surface area contributed by atoms with E-state index in [1.165, 1.54) is 6.07 Å². The molecule has 1 saturated heterocycles. The third-order valence-corrected chi connectivity index (χ3v) is 4.04. The third kappa shape index (κ3) is 4.28. The number of likely N-dealkylation sites (tertiary alicyclic amines) is 1. The van der Waals surface area contributed by atoms with Gasteiger partial charge in [-0.15, -0.1) is 0 Å². The lowest BCUT2D eigenvalue weighted by Gasteiger charge is -2.16. The Balaban J connectivity index is 1.86. The van der Waals surface area contributed by atoms with Crippen LogP contribution in [0.15, 0.2) is 22.7 Å². The highest BCUT2D eigenvalue weighted by molar-refractivity contribution is 9.10. The lowest BCUT2D eigenvalue weighted by Crippen LogP contribution is -2.21. The van der Waals surface area contributed by atoms with Gasteiger partial charge in [-0.3, -0.25) is 9.69 Å². The van der Waals surface area contributed by atoms with Gasteiger partial charge in [-0.2, -0.15) is 0 Å². The topological polar surface area (TPSA) is 40.5 Å². The molecule has 0 saturated carbocycles. The molecule has 0 aliphatic carbocycles. The molecular formula is C14H17BrFNO2. The molecule has 0 aromatic heterocycles. The Morgan fingerprint density at radius 2 is 2.32 bits per heavy atom. The van der Waals surface area contributed by atoms with E-state index >= 15 is 0 Å². The number of carboxylic acids is 1.